The van der Waals surface area contributed by atoms with Gasteiger partial charge in [0.05, 0.1) is 12.2 Å². The minimum Gasteiger partial charge on any atom is -0.508 e. The number of hydrogen-bond acceptors (Lipinski definition) is 4. The van der Waals surface area contributed by atoms with Crippen LogP contribution in [0.25, 0.3) is 0 Å². The minimum absolute atomic E-state index is 0.133. The van der Waals surface area contributed by atoms with Crippen molar-refractivity contribution in [3.05, 3.63) is 18.2 Å². The molecule has 122 valence electrons. The summed E-state index contributed by atoms with van der Waals surface area (Å²) in [4.78, 5) is 5.00. The van der Waals surface area contributed by atoms with Gasteiger partial charge in [-0.2, -0.15) is 0 Å². The third-order valence-corrected chi connectivity index (χ3v) is 5.26. The van der Waals surface area contributed by atoms with Gasteiger partial charge in [0.1, 0.15) is 17.1 Å². The van der Waals surface area contributed by atoms with Crippen molar-refractivity contribution in [2.24, 2.45) is 0 Å². The summed E-state index contributed by atoms with van der Waals surface area (Å²) in [5.41, 5.74) is 0.987. The van der Waals surface area contributed by atoms with E-state index in [-0.39, 0.29) is 11.4 Å². The molecule has 4 heteroatoms. The number of benzene rings is 1. The van der Waals surface area contributed by atoms with E-state index in [0.29, 0.717) is 0 Å². The van der Waals surface area contributed by atoms with E-state index in [1.54, 1.807) is 12.1 Å². The van der Waals surface area contributed by atoms with Crippen LogP contribution in [0.2, 0.25) is 0 Å². The quantitative estimate of drug-likeness (QED) is 0.906. The van der Waals surface area contributed by atoms with Crippen molar-refractivity contribution < 1.29 is 9.84 Å². The second-order valence-electron chi connectivity index (χ2n) is 6.61. The largest absolute Gasteiger partial charge is 0.508 e. The van der Waals surface area contributed by atoms with Gasteiger partial charge in [0.2, 0.25) is 0 Å². The molecule has 1 aromatic carbocycles. The molecule has 2 aliphatic heterocycles. The summed E-state index contributed by atoms with van der Waals surface area (Å²) in [6, 6.07) is 5.51. The Hall–Kier alpha value is -1.42. The van der Waals surface area contributed by atoms with E-state index in [1.807, 2.05) is 6.07 Å². The Morgan fingerprint density at radius 2 is 1.86 bits per heavy atom. The summed E-state index contributed by atoms with van der Waals surface area (Å²) in [5, 5.41) is 9.79. The number of phenolic OH excluding ortho intramolecular Hbond substituents is 1. The Morgan fingerprint density at radius 1 is 1.14 bits per heavy atom. The van der Waals surface area contributed by atoms with E-state index in [4.69, 9.17) is 4.74 Å². The number of fused-ring (bicyclic) bond motifs is 1. The number of phenols is 1. The zero-order chi connectivity index (χ0) is 15.6. The second-order valence-corrected chi connectivity index (χ2v) is 6.61. The fourth-order valence-electron chi connectivity index (χ4n) is 3.63. The monoisotopic (exact) mass is 304 g/mol. The van der Waals surface area contributed by atoms with E-state index in [9.17, 15) is 5.11 Å². The van der Waals surface area contributed by atoms with E-state index in [1.165, 1.54) is 25.9 Å². The molecule has 4 nitrogen and oxygen atoms in total. The van der Waals surface area contributed by atoms with Gasteiger partial charge in [0, 0.05) is 19.2 Å². The van der Waals surface area contributed by atoms with Crippen LogP contribution in [0.3, 0.4) is 0 Å². The molecule has 0 radical (unpaired) electrons. The summed E-state index contributed by atoms with van der Waals surface area (Å²) in [6.07, 6.45) is 4.64. The molecule has 0 bridgehead atoms. The van der Waals surface area contributed by atoms with E-state index in [2.05, 4.69) is 23.6 Å². The third-order valence-electron chi connectivity index (χ3n) is 5.26. The van der Waals surface area contributed by atoms with Crippen LogP contribution in [-0.2, 0) is 0 Å². The number of aromatic hydroxyl groups is 1. The van der Waals surface area contributed by atoms with Crippen LogP contribution in [-0.4, -0.2) is 48.3 Å². The molecule has 0 aromatic heterocycles. The second kappa shape index (κ2) is 6.37. The van der Waals surface area contributed by atoms with E-state index >= 15 is 0 Å². The van der Waals surface area contributed by atoms with Gasteiger partial charge in [0.15, 0.2) is 0 Å². The van der Waals surface area contributed by atoms with Crippen molar-refractivity contribution in [2.75, 3.05) is 37.6 Å². The molecule has 0 amide bonds. The zero-order valence-corrected chi connectivity index (χ0v) is 13.8. The molecule has 0 atom stereocenters. The van der Waals surface area contributed by atoms with Crippen molar-refractivity contribution in [2.45, 2.75) is 45.1 Å². The average molecular weight is 304 g/mol. The zero-order valence-electron chi connectivity index (χ0n) is 13.8. The van der Waals surface area contributed by atoms with Gasteiger partial charge in [-0.1, -0.05) is 13.8 Å². The molecule has 1 saturated heterocycles. The van der Waals surface area contributed by atoms with E-state index < -0.39 is 0 Å². The number of anilines is 1. The molecule has 1 aromatic rings. The summed E-state index contributed by atoms with van der Waals surface area (Å²) in [7, 11) is 0. The fourth-order valence-corrected chi connectivity index (χ4v) is 3.63. The number of hydrogen-bond donors (Lipinski definition) is 1. The topological polar surface area (TPSA) is 35.9 Å². The molecule has 0 spiro atoms. The van der Waals surface area contributed by atoms with Crippen molar-refractivity contribution in [1.82, 2.24) is 4.90 Å². The van der Waals surface area contributed by atoms with E-state index in [0.717, 1.165) is 43.9 Å². The van der Waals surface area contributed by atoms with Crippen LogP contribution in [0.5, 0.6) is 11.5 Å². The highest BCUT2D eigenvalue weighted by atomic mass is 16.5. The first-order chi connectivity index (χ1) is 10.7. The molecule has 0 saturated carbocycles. The first-order valence-electron chi connectivity index (χ1n) is 8.65. The van der Waals surface area contributed by atoms with Gasteiger partial charge >= 0.3 is 0 Å². The maximum absolute atomic E-state index is 9.79. The van der Waals surface area contributed by atoms with Crippen molar-refractivity contribution in [3.63, 3.8) is 0 Å². The first-order valence-corrected chi connectivity index (χ1v) is 8.65. The van der Waals surface area contributed by atoms with Gasteiger partial charge in [-0.05, 0) is 50.9 Å². The lowest BCUT2D eigenvalue weighted by Crippen LogP contribution is -2.51. The smallest absolute Gasteiger partial charge is 0.147 e. The molecule has 2 aliphatic rings. The number of nitrogens with zero attached hydrogens (tertiary/aromatic N) is 2. The highest BCUT2D eigenvalue weighted by Gasteiger charge is 2.37. The van der Waals surface area contributed by atoms with Crippen LogP contribution < -0.4 is 9.64 Å². The van der Waals surface area contributed by atoms with Crippen molar-refractivity contribution in [3.8, 4) is 11.5 Å². The lowest BCUT2D eigenvalue weighted by atomic mass is 9.94. The lowest BCUT2D eigenvalue weighted by molar-refractivity contribution is 0.0567. The predicted molar refractivity (Wildman–Crippen MR) is 89.9 cm³/mol. The molecule has 1 fully saturated rings. The standard InChI is InChI=1S/C18H28N2O2/c1-3-18(4-2)14-20(12-11-19-9-5-6-10-19)16-8-7-15(21)13-17(16)22-18/h7-8,13,21H,3-6,9-12,14H2,1-2H3. The molecular formula is C18H28N2O2. The van der Waals surface area contributed by atoms with Gasteiger partial charge in [-0.15, -0.1) is 0 Å². The number of ether oxygens (including phenoxy) is 1. The van der Waals surface area contributed by atoms with Crippen LogP contribution >= 0.6 is 0 Å². The fraction of sp³-hybridized carbons (Fsp3) is 0.667. The van der Waals surface area contributed by atoms with Gasteiger partial charge in [0.25, 0.3) is 0 Å². The Morgan fingerprint density at radius 3 is 2.55 bits per heavy atom. The molecule has 1 N–H and O–H groups in total. The van der Waals surface area contributed by atoms with Gasteiger partial charge in [-0.25, -0.2) is 0 Å². The summed E-state index contributed by atoms with van der Waals surface area (Å²) >= 11 is 0. The Kier molecular flexibility index (Phi) is 4.48. The molecule has 3 rings (SSSR count). The maximum Gasteiger partial charge on any atom is 0.147 e. The Bertz CT molecular complexity index is 508. The SMILES string of the molecule is CCC1(CC)CN(CCN2CCCC2)c2ccc(O)cc2O1. The van der Waals surface area contributed by atoms with Crippen LogP contribution in [0.4, 0.5) is 5.69 Å². The minimum atomic E-state index is -0.133. The summed E-state index contributed by atoms with van der Waals surface area (Å²) in [5.74, 6) is 1.11. The highest BCUT2D eigenvalue weighted by molar-refractivity contribution is 5.63. The van der Waals surface area contributed by atoms with Gasteiger partial charge in [-0.3, -0.25) is 0 Å². The predicted octanol–water partition coefficient (Wildman–Crippen LogP) is 3.25. The highest BCUT2D eigenvalue weighted by Crippen LogP contribution is 2.41. The first kappa shape index (κ1) is 15.5. The van der Waals surface area contributed by atoms with Crippen molar-refractivity contribution in [1.29, 1.82) is 0 Å². The van der Waals surface area contributed by atoms with Crippen LogP contribution in [0, 0.1) is 0 Å². The van der Waals surface area contributed by atoms with Crippen molar-refractivity contribution >= 4 is 5.69 Å². The van der Waals surface area contributed by atoms with Gasteiger partial charge < -0.3 is 19.6 Å². The average Bonchev–Trinajstić information content (AvgIpc) is 3.05. The molecule has 0 aliphatic carbocycles. The summed E-state index contributed by atoms with van der Waals surface area (Å²) < 4.78 is 6.29. The summed E-state index contributed by atoms with van der Waals surface area (Å²) in [6.45, 7) is 9.93. The normalized spacial score (nSPS) is 20.7. The number of rotatable bonds is 5. The molecule has 0 unspecified atom stereocenters. The Balaban J connectivity index is 1.80. The Labute approximate surface area is 133 Å². The number of likely N-dealkylation sites (tertiary alicyclic amines) is 1. The lowest BCUT2D eigenvalue weighted by Gasteiger charge is -2.44. The molecule has 22 heavy (non-hydrogen) atoms. The third kappa shape index (κ3) is 3.02. The van der Waals surface area contributed by atoms with Crippen LogP contribution in [0.1, 0.15) is 39.5 Å². The molecule has 2 heterocycles. The maximum atomic E-state index is 9.79. The molecular weight excluding hydrogens is 276 g/mol. The van der Waals surface area contributed by atoms with Crippen LogP contribution in [0.15, 0.2) is 18.2 Å².